The van der Waals surface area contributed by atoms with Crippen molar-refractivity contribution in [2.24, 2.45) is 0 Å². The number of allylic oxidation sites excluding steroid dienone is 1. The summed E-state index contributed by atoms with van der Waals surface area (Å²) in [5.74, 6) is 0.204. The molecule has 0 amide bonds. The second-order valence-corrected chi connectivity index (χ2v) is 6.00. The van der Waals surface area contributed by atoms with Gasteiger partial charge in [0.1, 0.15) is 0 Å². The number of hydrogen-bond donors (Lipinski definition) is 0. The first-order valence-corrected chi connectivity index (χ1v) is 7.12. The van der Waals surface area contributed by atoms with E-state index < -0.39 is 0 Å². The van der Waals surface area contributed by atoms with E-state index in [2.05, 4.69) is 35.2 Å². The SMILES string of the molecule is CN(C)C1=Cc2cc3cc(N(C)C)ccc3cc2C(=O)C1. The zero-order chi connectivity index (χ0) is 15.1. The van der Waals surface area contributed by atoms with Gasteiger partial charge in [0.25, 0.3) is 0 Å². The number of carbonyl (C=O) groups is 1. The molecule has 0 spiro atoms. The van der Waals surface area contributed by atoms with E-state index in [4.69, 9.17) is 0 Å². The molecule has 3 heteroatoms. The number of benzene rings is 2. The van der Waals surface area contributed by atoms with Crippen LogP contribution < -0.4 is 4.90 Å². The molecular formula is C18H20N2O. The third-order valence-electron chi connectivity index (χ3n) is 4.05. The van der Waals surface area contributed by atoms with Gasteiger partial charge in [-0.3, -0.25) is 4.79 Å². The van der Waals surface area contributed by atoms with Crippen molar-refractivity contribution in [2.45, 2.75) is 6.42 Å². The molecule has 3 rings (SSSR count). The van der Waals surface area contributed by atoms with Crippen molar-refractivity contribution >= 4 is 28.3 Å². The molecule has 0 radical (unpaired) electrons. The largest absolute Gasteiger partial charge is 0.381 e. The third kappa shape index (κ3) is 2.40. The number of anilines is 1. The zero-order valence-electron chi connectivity index (χ0n) is 13.0. The van der Waals surface area contributed by atoms with Gasteiger partial charge in [-0.2, -0.15) is 0 Å². The normalized spacial score (nSPS) is 13.9. The van der Waals surface area contributed by atoms with Crippen molar-refractivity contribution in [3.63, 3.8) is 0 Å². The third-order valence-corrected chi connectivity index (χ3v) is 4.05. The van der Waals surface area contributed by atoms with E-state index >= 15 is 0 Å². The Balaban J connectivity index is 2.20. The quantitative estimate of drug-likeness (QED) is 0.842. The van der Waals surface area contributed by atoms with Crippen LogP contribution in [0.1, 0.15) is 22.3 Å². The average Bonchev–Trinajstić information content (AvgIpc) is 2.44. The molecule has 2 aromatic carbocycles. The van der Waals surface area contributed by atoms with Gasteiger partial charge in [0.2, 0.25) is 0 Å². The van der Waals surface area contributed by atoms with Gasteiger partial charge >= 0.3 is 0 Å². The van der Waals surface area contributed by atoms with Crippen LogP contribution >= 0.6 is 0 Å². The van der Waals surface area contributed by atoms with Crippen LogP contribution in [-0.4, -0.2) is 38.9 Å². The van der Waals surface area contributed by atoms with E-state index in [1.807, 2.05) is 39.2 Å². The van der Waals surface area contributed by atoms with Gasteiger partial charge in [-0.25, -0.2) is 0 Å². The lowest BCUT2D eigenvalue weighted by Gasteiger charge is -2.22. The molecule has 1 aliphatic rings. The van der Waals surface area contributed by atoms with E-state index in [0.717, 1.165) is 22.2 Å². The first kappa shape index (κ1) is 13.7. The number of Topliss-reactive ketones (excluding diaryl/α,β-unsaturated/α-hetero) is 1. The number of fused-ring (bicyclic) bond motifs is 2. The van der Waals surface area contributed by atoms with Gasteiger partial charge in [0.05, 0.1) is 6.42 Å². The van der Waals surface area contributed by atoms with Crippen molar-refractivity contribution in [3.8, 4) is 0 Å². The van der Waals surface area contributed by atoms with Crippen LogP contribution in [0.2, 0.25) is 0 Å². The number of carbonyl (C=O) groups excluding carboxylic acids is 1. The predicted octanol–water partition coefficient (Wildman–Crippen LogP) is 3.39. The molecule has 0 bridgehead atoms. The molecule has 108 valence electrons. The lowest BCUT2D eigenvalue weighted by Crippen LogP contribution is -2.18. The maximum atomic E-state index is 12.3. The van der Waals surface area contributed by atoms with Crippen LogP contribution in [-0.2, 0) is 0 Å². The molecule has 3 nitrogen and oxygen atoms in total. The highest BCUT2D eigenvalue weighted by Gasteiger charge is 2.20. The molecule has 0 saturated heterocycles. The fraction of sp³-hybridized carbons (Fsp3) is 0.278. The molecule has 0 atom stereocenters. The molecule has 0 aromatic heterocycles. The van der Waals surface area contributed by atoms with Crippen molar-refractivity contribution in [1.82, 2.24) is 4.90 Å². The van der Waals surface area contributed by atoms with E-state index in [0.29, 0.717) is 6.42 Å². The van der Waals surface area contributed by atoms with Gasteiger partial charge in [-0.05, 0) is 46.7 Å². The Morgan fingerprint density at radius 1 is 0.905 bits per heavy atom. The van der Waals surface area contributed by atoms with Crippen molar-refractivity contribution in [3.05, 3.63) is 47.2 Å². The maximum Gasteiger partial charge on any atom is 0.169 e. The lowest BCUT2D eigenvalue weighted by atomic mass is 9.91. The Bertz CT molecular complexity index is 757. The summed E-state index contributed by atoms with van der Waals surface area (Å²) in [7, 11) is 8.03. The topological polar surface area (TPSA) is 23.6 Å². The summed E-state index contributed by atoms with van der Waals surface area (Å²) >= 11 is 0. The van der Waals surface area contributed by atoms with Crippen LogP contribution in [0.4, 0.5) is 5.69 Å². The molecule has 0 saturated carbocycles. The van der Waals surface area contributed by atoms with Crippen molar-refractivity contribution in [1.29, 1.82) is 0 Å². The molecule has 2 aromatic rings. The number of nitrogens with zero attached hydrogens (tertiary/aromatic N) is 2. The molecule has 21 heavy (non-hydrogen) atoms. The maximum absolute atomic E-state index is 12.3. The Hall–Kier alpha value is -2.29. The average molecular weight is 280 g/mol. The van der Waals surface area contributed by atoms with E-state index in [1.54, 1.807) is 0 Å². The monoisotopic (exact) mass is 280 g/mol. The molecular weight excluding hydrogens is 260 g/mol. The van der Waals surface area contributed by atoms with Gasteiger partial charge < -0.3 is 9.80 Å². The molecule has 0 N–H and O–H groups in total. The highest BCUT2D eigenvalue weighted by molar-refractivity contribution is 6.07. The van der Waals surface area contributed by atoms with Crippen LogP contribution in [0.5, 0.6) is 0 Å². The van der Waals surface area contributed by atoms with Crippen LogP contribution in [0.25, 0.3) is 16.8 Å². The summed E-state index contributed by atoms with van der Waals surface area (Å²) < 4.78 is 0. The lowest BCUT2D eigenvalue weighted by molar-refractivity contribution is 0.0984. The highest BCUT2D eigenvalue weighted by Crippen LogP contribution is 2.30. The summed E-state index contributed by atoms with van der Waals surface area (Å²) in [5, 5.41) is 2.29. The van der Waals surface area contributed by atoms with E-state index in [9.17, 15) is 4.79 Å². The Kier molecular flexibility index (Phi) is 3.20. The van der Waals surface area contributed by atoms with E-state index in [-0.39, 0.29) is 5.78 Å². The van der Waals surface area contributed by atoms with Gasteiger partial charge in [0.15, 0.2) is 5.78 Å². The first-order valence-electron chi connectivity index (χ1n) is 7.12. The number of rotatable bonds is 2. The second-order valence-electron chi connectivity index (χ2n) is 6.00. The molecule has 0 fully saturated rings. The summed E-state index contributed by atoms with van der Waals surface area (Å²) in [6.07, 6.45) is 2.61. The minimum Gasteiger partial charge on any atom is -0.381 e. The summed E-state index contributed by atoms with van der Waals surface area (Å²) in [4.78, 5) is 16.4. The van der Waals surface area contributed by atoms with Crippen molar-refractivity contribution in [2.75, 3.05) is 33.1 Å². The first-order chi connectivity index (χ1) is 9.95. The second kappa shape index (κ2) is 4.92. The fourth-order valence-corrected chi connectivity index (χ4v) is 2.72. The molecule has 0 aliphatic heterocycles. The molecule has 0 heterocycles. The zero-order valence-corrected chi connectivity index (χ0v) is 13.0. The van der Waals surface area contributed by atoms with Crippen LogP contribution in [0.15, 0.2) is 36.0 Å². The smallest absolute Gasteiger partial charge is 0.169 e. The Morgan fingerprint density at radius 2 is 1.67 bits per heavy atom. The predicted molar refractivity (Wildman–Crippen MR) is 88.9 cm³/mol. The highest BCUT2D eigenvalue weighted by atomic mass is 16.1. The van der Waals surface area contributed by atoms with Crippen LogP contribution in [0, 0.1) is 0 Å². The molecule has 0 unspecified atom stereocenters. The van der Waals surface area contributed by atoms with Gasteiger partial charge in [-0.15, -0.1) is 0 Å². The van der Waals surface area contributed by atoms with Crippen LogP contribution in [0.3, 0.4) is 0 Å². The minimum atomic E-state index is 0.204. The number of ketones is 1. The van der Waals surface area contributed by atoms with Gasteiger partial charge in [-0.1, -0.05) is 6.07 Å². The summed E-state index contributed by atoms with van der Waals surface area (Å²) in [5.41, 5.74) is 4.10. The standard InChI is InChI=1S/C18H20N2O/c1-19(2)15-6-5-12-10-17-14(7-13(12)8-15)9-16(20(3)4)11-18(17)21/h5-10H,11H2,1-4H3. The van der Waals surface area contributed by atoms with Crippen molar-refractivity contribution < 1.29 is 4.79 Å². The molecule has 1 aliphatic carbocycles. The van der Waals surface area contributed by atoms with E-state index in [1.165, 1.54) is 11.1 Å². The fourth-order valence-electron chi connectivity index (χ4n) is 2.72. The Labute approximate surface area is 125 Å². The number of hydrogen-bond acceptors (Lipinski definition) is 3. The minimum absolute atomic E-state index is 0.204. The Morgan fingerprint density at radius 3 is 2.33 bits per heavy atom. The summed E-state index contributed by atoms with van der Waals surface area (Å²) in [6, 6.07) is 10.5. The summed E-state index contributed by atoms with van der Waals surface area (Å²) in [6.45, 7) is 0. The van der Waals surface area contributed by atoms with Gasteiger partial charge in [0, 0.05) is 45.1 Å².